The average molecular weight is 1110 g/mol. The van der Waals surface area contributed by atoms with E-state index in [2.05, 4.69) is 349 Å². The maximum Gasteiger partial charge on any atom is 0.0719 e. The molecule has 17 rings (SSSR count). The van der Waals surface area contributed by atoms with Gasteiger partial charge in [0.2, 0.25) is 0 Å². The molecule has 406 valence electrons. The van der Waals surface area contributed by atoms with Crippen molar-refractivity contribution < 1.29 is 0 Å². The number of hydrogen-bond acceptors (Lipinski definition) is 0. The van der Waals surface area contributed by atoms with Crippen molar-refractivity contribution in [3.63, 3.8) is 0 Å². The fourth-order valence-electron chi connectivity index (χ4n) is 14.4. The molecular formula is C85H56N2. The summed E-state index contributed by atoms with van der Waals surface area (Å²) in [6, 6.07) is 126. The van der Waals surface area contributed by atoms with Crippen molar-refractivity contribution in [2.45, 2.75) is 5.41 Å². The maximum atomic E-state index is 2.44. The van der Waals surface area contributed by atoms with Gasteiger partial charge in [-0.2, -0.15) is 0 Å². The Morgan fingerprint density at radius 2 is 0.506 bits per heavy atom. The van der Waals surface area contributed by atoms with E-state index in [0.29, 0.717) is 0 Å². The lowest BCUT2D eigenvalue weighted by molar-refractivity contribution is 0.771. The van der Waals surface area contributed by atoms with Crippen LogP contribution in [0.2, 0.25) is 0 Å². The predicted molar refractivity (Wildman–Crippen MR) is 365 cm³/mol. The second-order valence-corrected chi connectivity index (χ2v) is 23.1. The van der Waals surface area contributed by atoms with Crippen molar-refractivity contribution in [3.05, 3.63) is 362 Å². The van der Waals surface area contributed by atoms with Crippen LogP contribution in [0.5, 0.6) is 0 Å². The monoisotopic (exact) mass is 1100 g/mol. The zero-order valence-electron chi connectivity index (χ0n) is 47.7. The minimum atomic E-state index is -0.584. The summed E-state index contributed by atoms with van der Waals surface area (Å²) in [5, 5.41) is 4.96. The van der Waals surface area contributed by atoms with Crippen LogP contribution in [0, 0.1) is 0 Å². The molecule has 87 heavy (non-hydrogen) atoms. The highest BCUT2D eigenvalue weighted by Crippen LogP contribution is 2.58. The van der Waals surface area contributed by atoms with Crippen molar-refractivity contribution in [2.75, 3.05) is 0 Å². The largest absolute Gasteiger partial charge is 0.309 e. The normalized spacial score (nSPS) is 12.5. The molecule has 0 N–H and O–H groups in total. The van der Waals surface area contributed by atoms with Crippen LogP contribution < -0.4 is 0 Å². The van der Waals surface area contributed by atoms with Crippen LogP contribution in [0.3, 0.4) is 0 Å². The molecule has 0 aliphatic heterocycles. The Morgan fingerprint density at radius 3 is 1.02 bits per heavy atom. The lowest BCUT2D eigenvalue weighted by Gasteiger charge is -2.36. The van der Waals surface area contributed by atoms with Crippen molar-refractivity contribution in [2.24, 2.45) is 0 Å². The van der Waals surface area contributed by atoms with Gasteiger partial charge in [-0.15, -0.1) is 0 Å². The lowest BCUT2D eigenvalue weighted by Crippen LogP contribution is -2.29. The van der Waals surface area contributed by atoms with Crippen LogP contribution in [0.25, 0.3) is 133 Å². The van der Waals surface area contributed by atoms with E-state index in [1.165, 1.54) is 144 Å². The van der Waals surface area contributed by atoms with Gasteiger partial charge in [0.25, 0.3) is 0 Å². The van der Waals surface area contributed by atoms with Gasteiger partial charge in [0, 0.05) is 32.9 Å². The van der Waals surface area contributed by atoms with Crippen LogP contribution in [0.1, 0.15) is 22.3 Å². The molecule has 0 spiro atoms. The van der Waals surface area contributed by atoms with Gasteiger partial charge in [-0.05, 0) is 173 Å². The SMILES string of the molecule is c1ccc(-c2ccc(-n3c4ccccc4c4cc(-c5ccc6c(c5)c5ccccc5n6-c5ccc(-c6ccc(-c7cccc(C8(c9ccccc9-c9cccc(-c%10ccccc%10)c9)c9ccccc9-c9ccccc98)c7)cc6)cc5)ccc43)cc2)cc1. The number of hydrogen-bond donors (Lipinski definition) is 0. The van der Waals surface area contributed by atoms with Crippen molar-refractivity contribution in [3.8, 4) is 89.3 Å². The number of nitrogens with zero attached hydrogens (tertiary/aromatic N) is 2. The first-order valence-electron chi connectivity index (χ1n) is 30.1. The molecule has 16 aromatic rings. The van der Waals surface area contributed by atoms with Crippen LogP contribution in [-0.4, -0.2) is 9.13 Å². The molecule has 0 fully saturated rings. The Labute approximate surface area is 506 Å². The number of para-hydroxylation sites is 2. The van der Waals surface area contributed by atoms with E-state index in [1.54, 1.807) is 0 Å². The first-order valence-corrected chi connectivity index (χ1v) is 30.1. The van der Waals surface area contributed by atoms with E-state index >= 15 is 0 Å². The molecule has 2 heterocycles. The molecule has 1 aliphatic carbocycles. The molecule has 2 nitrogen and oxygen atoms in total. The van der Waals surface area contributed by atoms with Crippen LogP contribution in [0.15, 0.2) is 340 Å². The Balaban J connectivity index is 0.695. The van der Waals surface area contributed by atoms with E-state index in [0.717, 1.165) is 11.4 Å². The van der Waals surface area contributed by atoms with Crippen LogP contribution in [0.4, 0.5) is 0 Å². The van der Waals surface area contributed by atoms with Gasteiger partial charge < -0.3 is 9.13 Å². The Morgan fingerprint density at radius 1 is 0.184 bits per heavy atom. The maximum absolute atomic E-state index is 2.44. The summed E-state index contributed by atoms with van der Waals surface area (Å²) < 4.78 is 4.82. The molecule has 2 aromatic heterocycles. The van der Waals surface area contributed by atoms with Gasteiger partial charge in [0.1, 0.15) is 0 Å². The number of aromatic nitrogens is 2. The first kappa shape index (κ1) is 50.2. The molecule has 0 amide bonds. The van der Waals surface area contributed by atoms with Gasteiger partial charge in [-0.1, -0.05) is 267 Å². The Bertz CT molecular complexity index is 5250. The van der Waals surface area contributed by atoms with Gasteiger partial charge in [-0.25, -0.2) is 0 Å². The Kier molecular flexibility index (Phi) is 11.8. The standard InChI is InChI=1S/C85H56N2/c1-3-19-57(20-4-1)60-41-47-69(48-42-60)86-81-35-15-10-30-74(81)76-55-65(45-51-83(76)86)66-46-52-84-77(56-66)75-31-11-16-36-82(75)87(84)70-49-43-61(44-50-70)59-37-39-62(40-38-59)64-24-18-26-68(54-64)85(79-33-13-8-28-72(79)73-29-9-14-34-80(73)85)78-32-12-7-27-71(78)67-25-17-23-63(53-67)58-21-5-2-6-22-58/h1-56H. The van der Waals surface area contributed by atoms with Crippen molar-refractivity contribution in [1.82, 2.24) is 9.13 Å². The number of fused-ring (bicyclic) bond motifs is 9. The van der Waals surface area contributed by atoms with Gasteiger partial charge in [0.05, 0.1) is 27.5 Å². The van der Waals surface area contributed by atoms with E-state index < -0.39 is 5.41 Å². The summed E-state index contributed by atoms with van der Waals surface area (Å²) in [6.45, 7) is 0. The van der Waals surface area contributed by atoms with Crippen molar-refractivity contribution in [1.29, 1.82) is 0 Å². The second kappa shape index (κ2) is 20.5. The summed E-state index contributed by atoms with van der Waals surface area (Å²) >= 11 is 0. The van der Waals surface area contributed by atoms with Crippen LogP contribution in [-0.2, 0) is 5.41 Å². The summed E-state index contributed by atoms with van der Waals surface area (Å²) in [5.41, 5.74) is 28.5. The van der Waals surface area contributed by atoms with E-state index in [-0.39, 0.29) is 0 Å². The third-order valence-electron chi connectivity index (χ3n) is 18.4. The van der Waals surface area contributed by atoms with Gasteiger partial charge in [0.15, 0.2) is 0 Å². The molecule has 1 aliphatic rings. The topological polar surface area (TPSA) is 9.86 Å². The molecule has 0 unspecified atom stereocenters. The fourth-order valence-corrected chi connectivity index (χ4v) is 14.4. The van der Waals surface area contributed by atoms with E-state index in [9.17, 15) is 0 Å². The molecule has 0 saturated heterocycles. The fraction of sp³-hybridized carbons (Fsp3) is 0.0118. The van der Waals surface area contributed by atoms with E-state index in [1.807, 2.05) is 0 Å². The smallest absolute Gasteiger partial charge is 0.0719 e. The van der Waals surface area contributed by atoms with E-state index in [4.69, 9.17) is 0 Å². The number of benzene rings is 14. The van der Waals surface area contributed by atoms with Gasteiger partial charge in [-0.3, -0.25) is 0 Å². The summed E-state index contributed by atoms with van der Waals surface area (Å²) in [6.07, 6.45) is 0. The predicted octanol–water partition coefficient (Wildman–Crippen LogP) is 22.2. The Hall–Kier alpha value is -11.3. The zero-order valence-corrected chi connectivity index (χ0v) is 47.7. The summed E-state index contributed by atoms with van der Waals surface area (Å²) in [7, 11) is 0. The number of rotatable bonds is 10. The van der Waals surface area contributed by atoms with Crippen LogP contribution >= 0.6 is 0 Å². The molecule has 2 heteroatoms. The molecule has 0 atom stereocenters. The minimum Gasteiger partial charge on any atom is -0.309 e. The third-order valence-corrected chi connectivity index (χ3v) is 18.4. The molecule has 0 radical (unpaired) electrons. The van der Waals surface area contributed by atoms with Gasteiger partial charge >= 0.3 is 0 Å². The van der Waals surface area contributed by atoms with Crippen molar-refractivity contribution >= 4 is 43.6 Å². The zero-order chi connectivity index (χ0) is 57.4. The lowest BCUT2D eigenvalue weighted by atomic mass is 9.65. The molecular weight excluding hydrogens is 1050 g/mol. The quantitative estimate of drug-likeness (QED) is 0.129. The highest BCUT2D eigenvalue weighted by atomic mass is 15.0. The molecule has 0 bridgehead atoms. The molecule has 14 aromatic carbocycles. The minimum absolute atomic E-state index is 0.584. The summed E-state index contributed by atoms with van der Waals surface area (Å²) in [5.74, 6) is 0. The second-order valence-electron chi connectivity index (χ2n) is 23.1. The molecule has 0 saturated carbocycles. The highest BCUT2D eigenvalue weighted by Gasteiger charge is 2.47. The third kappa shape index (κ3) is 8.17. The highest BCUT2D eigenvalue weighted by molar-refractivity contribution is 6.13. The average Bonchev–Trinajstić information content (AvgIpc) is 1.90. The summed E-state index contributed by atoms with van der Waals surface area (Å²) in [4.78, 5) is 0. The first-order chi connectivity index (χ1) is 43.1.